The molecule has 20 heavy (non-hydrogen) atoms. The first-order valence-electron chi connectivity index (χ1n) is 7.21. The van der Waals surface area contributed by atoms with Crippen LogP contribution in [0.25, 0.3) is 0 Å². The largest absolute Gasteiger partial charge is 0.313 e. The predicted octanol–water partition coefficient (Wildman–Crippen LogP) is 3.91. The molecule has 1 aliphatic carbocycles. The Labute approximate surface area is 128 Å². The minimum atomic E-state index is 0.101. The second kappa shape index (κ2) is 5.32. The molecule has 106 valence electrons. The summed E-state index contributed by atoms with van der Waals surface area (Å²) in [6, 6.07) is 10.7. The summed E-state index contributed by atoms with van der Waals surface area (Å²) < 4.78 is 2.32. The highest BCUT2D eigenvalue weighted by Crippen LogP contribution is 2.52. The maximum absolute atomic E-state index is 4.53. The number of nitrogens with zero attached hydrogens (tertiary/aromatic N) is 3. The van der Waals surface area contributed by atoms with E-state index in [9.17, 15) is 0 Å². The van der Waals surface area contributed by atoms with Crippen molar-refractivity contribution in [3.05, 3.63) is 47.5 Å². The summed E-state index contributed by atoms with van der Waals surface area (Å²) in [6.45, 7) is 5.46. The average molecular weight is 334 g/mol. The molecule has 0 aliphatic heterocycles. The van der Waals surface area contributed by atoms with E-state index in [0.29, 0.717) is 5.92 Å². The molecule has 1 aromatic heterocycles. The second-order valence-corrected chi connectivity index (χ2v) is 6.59. The van der Waals surface area contributed by atoms with Gasteiger partial charge >= 0.3 is 0 Å². The molecular weight excluding hydrogens is 314 g/mol. The fourth-order valence-corrected chi connectivity index (χ4v) is 3.28. The lowest BCUT2D eigenvalue weighted by atomic mass is 9.95. The molecule has 0 atom stereocenters. The minimum Gasteiger partial charge on any atom is -0.313 e. The molecule has 1 aliphatic rings. The van der Waals surface area contributed by atoms with Crippen molar-refractivity contribution in [2.24, 2.45) is 5.92 Å². The molecular formula is C16H20BrN3. The monoisotopic (exact) mass is 333 g/mol. The fourth-order valence-electron chi connectivity index (χ4n) is 2.87. The first-order valence-corrected chi connectivity index (χ1v) is 8.33. The van der Waals surface area contributed by atoms with E-state index in [1.54, 1.807) is 0 Å². The van der Waals surface area contributed by atoms with Crippen LogP contribution in [0.3, 0.4) is 0 Å². The predicted molar refractivity (Wildman–Crippen MR) is 83.9 cm³/mol. The van der Waals surface area contributed by atoms with Crippen LogP contribution in [0.4, 0.5) is 0 Å². The van der Waals surface area contributed by atoms with Crippen LogP contribution < -0.4 is 0 Å². The molecule has 3 rings (SSSR count). The lowest BCUT2D eigenvalue weighted by molar-refractivity contribution is 0.486. The van der Waals surface area contributed by atoms with Gasteiger partial charge in [0.15, 0.2) is 0 Å². The number of hydrogen-bond acceptors (Lipinski definition) is 2. The first kappa shape index (κ1) is 13.8. The molecule has 1 aromatic carbocycles. The average Bonchev–Trinajstić information content (AvgIpc) is 3.16. The van der Waals surface area contributed by atoms with Gasteiger partial charge in [-0.25, -0.2) is 0 Å². The van der Waals surface area contributed by atoms with Gasteiger partial charge in [-0.2, -0.15) is 0 Å². The van der Waals surface area contributed by atoms with Crippen LogP contribution in [0.2, 0.25) is 0 Å². The highest BCUT2D eigenvalue weighted by Gasteiger charge is 2.50. The molecule has 0 N–H and O–H groups in total. The Balaban J connectivity index is 2.04. The topological polar surface area (TPSA) is 30.7 Å². The SMILES string of the molecule is CC(C)Cn1c(CBr)nnc1C1(c2ccccc2)CC1. The van der Waals surface area contributed by atoms with Gasteiger partial charge in [-0.1, -0.05) is 60.1 Å². The molecule has 0 saturated heterocycles. The third-order valence-electron chi connectivity index (χ3n) is 4.00. The number of alkyl halides is 1. The van der Waals surface area contributed by atoms with Gasteiger partial charge < -0.3 is 4.57 Å². The van der Waals surface area contributed by atoms with E-state index in [1.807, 2.05) is 0 Å². The number of hydrogen-bond donors (Lipinski definition) is 0. The molecule has 1 fully saturated rings. The summed E-state index contributed by atoms with van der Waals surface area (Å²) in [7, 11) is 0. The maximum atomic E-state index is 4.53. The number of halogens is 1. The Bertz CT molecular complexity index is 585. The smallest absolute Gasteiger partial charge is 0.143 e. The van der Waals surface area contributed by atoms with E-state index in [-0.39, 0.29) is 5.41 Å². The van der Waals surface area contributed by atoms with Gasteiger partial charge in [-0.3, -0.25) is 0 Å². The molecule has 0 radical (unpaired) electrons. The van der Waals surface area contributed by atoms with Crippen molar-refractivity contribution in [3.8, 4) is 0 Å². The summed E-state index contributed by atoms with van der Waals surface area (Å²) in [5.41, 5.74) is 1.47. The lowest BCUT2D eigenvalue weighted by Crippen LogP contribution is -2.19. The summed E-state index contributed by atoms with van der Waals surface area (Å²) in [5.74, 6) is 2.77. The Morgan fingerprint density at radius 3 is 2.45 bits per heavy atom. The van der Waals surface area contributed by atoms with Gasteiger partial charge in [-0.15, -0.1) is 10.2 Å². The van der Waals surface area contributed by atoms with Crippen molar-refractivity contribution in [2.75, 3.05) is 0 Å². The third kappa shape index (κ3) is 2.30. The van der Waals surface area contributed by atoms with Crippen LogP contribution in [0.5, 0.6) is 0 Å². The van der Waals surface area contributed by atoms with Gasteiger partial charge in [0.2, 0.25) is 0 Å². The fraction of sp³-hybridized carbons (Fsp3) is 0.500. The zero-order valence-electron chi connectivity index (χ0n) is 12.0. The first-order chi connectivity index (χ1) is 9.67. The molecule has 0 bridgehead atoms. The highest BCUT2D eigenvalue weighted by molar-refractivity contribution is 9.08. The van der Waals surface area contributed by atoms with E-state index >= 15 is 0 Å². The number of benzene rings is 1. The number of rotatable bonds is 5. The Hall–Kier alpha value is -1.16. The second-order valence-electron chi connectivity index (χ2n) is 6.03. The van der Waals surface area contributed by atoms with Crippen molar-refractivity contribution in [3.63, 3.8) is 0 Å². The summed E-state index contributed by atoms with van der Waals surface area (Å²) in [5, 5.41) is 9.68. The van der Waals surface area contributed by atoms with Crippen molar-refractivity contribution >= 4 is 15.9 Å². The van der Waals surface area contributed by atoms with Gasteiger partial charge in [0.25, 0.3) is 0 Å². The van der Waals surface area contributed by atoms with Gasteiger partial charge in [0.05, 0.1) is 10.7 Å². The lowest BCUT2D eigenvalue weighted by Gasteiger charge is -2.19. The quantitative estimate of drug-likeness (QED) is 0.776. The Morgan fingerprint density at radius 1 is 1.20 bits per heavy atom. The molecule has 0 amide bonds. The Kier molecular flexibility index (Phi) is 3.67. The van der Waals surface area contributed by atoms with Gasteiger partial charge in [0, 0.05) is 6.54 Å². The van der Waals surface area contributed by atoms with E-state index in [0.717, 1.165) is 23.5 Å². The molecule has 2 aromatic rings. The summed E-state index contributed by atoms with van der Waals surface area (Å²) in [6.07, 6.45) is 2.35. The van der Waals surface area contributed by atoms with Crippen LogP contribution in [-0.2, 0) is 17.3 Å². The maximum Gasteiger partial charge on any atom is 0.143 e. The summed E-state index contributed by atoms with van der Waals surface area (Å²) in [4.78, 5) is 0. The molecule has 1 heterocycles. The van der Waals surface area contributed by atoms with Crippen LogP contribution in [0, 0.1) is 5.92 Å². The van der Waals surface area contributed by atoms with E-state index in [1.165, 1.54) is 18.4 Å². The van der Waals surface area contributed by atoms with Gasteiger partial charge in [-0.05, 0) is 24.3 Å². The molecule has 0 spiro atoms. The third-order valence-corrected chi connectivity index (χ3v) is 4.50. The summed E-state index contributed by atoms with van der Waals surface area (Å²) >= 11 is 3.53. The van der Waals surface area contributed by atoms with Crippen LogP contribution >= 0.6 is 15.9 Å². The number of aromatic nitrogens is 3. The van der Waals surface area contributed by atoms with Crippen molar-refractivity contribution in [1.82, 2.24) is 14.8 Å². The van der Waals surface area contributed by atoms with Crippen molar-refractivity contribution in [1.29, 1.82) is 0 Å². The molecule has 0 unspecified atom stereocenters. The molecule has 1 saturated carbocycles. The van der Waals surface area contributed by atoms with Crippen molar-refractivity contribution < 1.29 is 0 Å². The van der Waals surface area contributed by atoms with E-state index in [4.69, 9.17) is 0 Å². The minimum absolute atomic E-state index is 0.101. The molecule has 3 nitrogen and oxygen atoms in total. The normalized spacial score (nSPS) is 16.6. The van der Waals surface area contributed by atoms with E-state index in [2.05, 4.69) is 74.9 Å². The van der Waals surface area contributed by atoms with E-state index < -0.39 is 0 Å². The zero-order chi connectivity index (χ0) is 14.2. The Morgan fingerprint density at radius 2 is 1.90 bits per heavy atom. The highest BCUT2D eigenvalue weighted by atomic mass is 79.9. The van der Waals surface area contributed by atoms with Crippen LogP contribution in [0.1, 0.15) is 43.9 Å². The van der Waals surface area contributed by atoms with Gasteiger partial charge in [0.1, 0.15) is 11.6 Å². The van der Waals surface area contributed by atoms with Crippen LogP contribution in [-0.4, -0.2) is 14.8 Å². The zero-order valence-corrected chi connectivity index (χ0v) is 13.6. The molecule has 4 heteroatoms. The standard InChI is InChI=1S/C16H20BrN3/c1-12(2)11-20-14(10-17)18-19-15(20)16(8-9-16)13-6-4-3-5-7-13/h3-7,12H,8-11H2,1-2H3. The van der Waals surface area contributed by atoms with Crippen LogP contribution in [0.15, 0.2) is 30.3 Å². The van der Waals surface area contributed by atoms with Crippen molar-refractivity contribution in [2.45, 2.75) is 44.0 Å².